The predicted octanol–water partition coefficient (Wildman–Crippen LogP) is 5.16. The highest BCUT2D eigenvalue weighted by atomic mass is 35.5. The van der Waals surface area contributed by atoms with Crippen LogP contribution in [0.4, 0.5) is 5.69 Å². The minimum Gasteiger partial charge on any atom is -0.465 e. The molecule has 228 valence electrons. The summed E-state index contributed by atoms with van der Waals surface area (Å²) in [5.74, 6) is 1.11. The maximum Gasteiger partial charge on any atom is 0.337 e. The standard InChI is InChI=1S/C33H34ClN5O5/c1-33(29-11-7-21(34)17-35-29)43-28-5-3-4-26(31(28)44-33)38-14-13-37(24-9-10-25(24)38)19-30-36-23-8-6-20(32(40)41-2)16-27(23)39(30)18-22-12-15-42-22/h3-8,11,16-17,22,24-25H,9-10,12-15,18-19H2,1-2H3/t22-,24?,25?,33?/m0/s1. The number of para-hydroxylation sites is 1. The van der Waals surface area contributed by atoms with Gasteiger partial charge in [0.1, 0.15) is 11.5 Å². The Morgan fingerprint density at radius 1 is 1.09 bits per heavy atom. The average molecular weight is 616 g/mol. The number of piperazine rings is 1. The molecule has 3 fully saturated rings. The van der Waals surface area contributed by atoms with Crippen molar-refractivity contribution in [2.45, 2.75) is 63.3 Å². The molecule has 1 saturated carbocycles. The van der Waals surface area contributed by atoms with E-state index in [4.69, 9.17) is 35.5 Å². The molecule has 4 atom stereocenters. The number of nitrogens with zero attached hydrogens (tertiary/aromatic N) is 5. The van der Waals surface area contributed by atoms with E-state index in [0.717, 1.165) is 86.1 Å². The second-order valence-corrected chi connectivity index (χ2v) is 12.5. The molecule has 8 rings (SSSR count). The van der Waals surface area contributed by atoms with Crippen LogP contribution in [0.25, 0.3) is 11.0 Å². The van der Waals surface area contributed by atoms with E-state index in [1.807, 2.05) is 37.3 Å². The lowest BCUT2D eigenvalue weighted by atomic mass is 9.81. The van der Waals surface area contributed by atoms with Crippen LogP contribution in [-0.2, 0) is 28.4 Å². The molecule has 4 aliphatic rings. The van der Waals surface area contributed by atoms with Crippen molar-refractivity contribution in [3.63, 3.8) is 0 Å². The minimum absolute atomic E-state index is 0.164. The van der Waals surface area contributed by atoms with E-state index in [2.05, 4.69) is 25.4 Å². The maximum absolute atomic E-state index is 12.3. The van der Waals surface area contributed by atoms with Crippen LogP contribution in [0.5, 0.6) is 11.5 Å². The molecule has 5 heterocycles. The van der Waals surface area contributed by atoms with Gasteiger partial charge in [-0.25, -0.2) is 9.78 Å². The first kappa shape index (κ1) is 27.7. The van der Waals surface area contributed by atoms with Gasteiger partial charge in [-0.15, -0.1) is 0 Å². The summed E-state index contributed by atoms with van der Waals surface area (Å²) in [4.78, 5) is 26.9. The van der Waals surface area contributed by atoms with E-state index in [0.29, 0.717) is 28.4 Å². The van der Waals surface area contributed by atoms with E-state index >= 15 is 0 Å². The Labute approximate surface area is 260 Å². The molecule has 3 aliphatic heterocycles. The van der Waals surface area contributed by atoms with Crippen LogP contribution in [-0.4, -0.2) is 70.4 Å². The lowest BCUT2D eigenvalue weighted by Gasteiger charge is -2.54. The van der Waals surface area contributed by atoms with Crippen LogP contribution in [0.3, 0.4) is 0 Å². The smallest absolute Gasteiger partial charge is 0.337 e. The number of rotatable bonds is 7. The number of methoxy groups -OCH3 is 1. The molecule has 44 heavy (non-hydrogen) atoms. The first-order valence-electron chi connectivity index (χ1n) is 15.2. The molecule has 2 aromatic heterocycles. The minimum atomic E-state index is -1.03. The lowest BCUT2D eigenvalue weighted by molar-refractivity contribution is -0.0717. The summed E-state index contributed by atoms with van der Waals surface area (Å²) in [6, 6.07) is 16.1. The number of carbonyl (C=O) groups is 1. The molecule has 0 bridgehead atoms. The van der Waals surface area contributed by atoms with Gasteiger partial charge in [0, 0.05) is 44.9 Å². The quantitative estimate of drug-likeness (QED) is 0.262. The Morgan fingerprint density at radius 2 is 1.95 bits per heavy atom. The summed E-state index contributed by atoms with van der Waals surface area (Å²) in [6.45, 7) is 5.88. The second-order valence-electron chi connectivity index (χ2n) is 12.1. The van der Waals surface area contributed by atoms with Crippen molar-refractivity contribution >= 4 is 34.3 Å². The molecule has 11 heteroatoms. The van der Waals surface area contributed by atoms with Gasteiger partial charge in [0.25, 0.3) is 5.79 Å². The predicted molar refractivity (Wildman–Crippen MR) is 164 cm³/mol. The molecule has 0 amide bonds. The SMILES string of the molecule is COC(=O)c1ccc2nc(CN3CCN(c4cccc5c4OC(C)(c4ccc(Cl)cn4)O5)C4CCC43)n(C[C@@H]3CCO3)c2c1. The Morgan fingerprint density at radius 3 is 2.68 bits per heavy atom. The number of aromatic nitrogens is 3. The molecule has 2 aromatic carbocycles. The number of imidazole rings is 1. The van der Waals surface area contributed by atoms with E-state index in [1.165, 1.54) is 7.11 Å². The zero-order chi connectivity index (χ0) is 30.0. The van der Waals surface area contributed by atoms with Gasteiger partial charge in [-0.2, -0.15) is 0 Å². The van der Waals surface area contributed by atoms with Crippen LogP contribution in [0.2, 0.25) is 5.02 Å². The van der Waals surface area contributed by atoms with Crippen molar-refractivity contribution in [2.24, 2.45) is 0 Å². The van der Waals surface area contributed by atoms with Gasteiger partial charge >= 0.3 is 5.97 Å². The third-order valence-corrected chi connectivity index (χ3v) is 9.76. The van der Waals surface area contributed by atoms with Gasteiger partial charge < -0.3 is 28.4 Å². The van der Waals surface area contributed by atoms with Crippen molar-refractivity contribution < 1.29 is 23.7 Å². The first-order chi connectivity index (χ1) is 21.4. The molecule has 1 aliphatic carbocycles. The Kier molecular flexibility index (Phi) is 6.69. The third-order valence-electron chi connectivity index (χ3n) is 9.53. The highest BCUT2D eigenvalue weighted by Crippen LogP contribution is 2.51. The number of hydrogen-bond acceptors (Lipinski definition) is 9. The molecule has 4 aromatic rings. The summed E-state index contributed by atoms with van der Waals surface area (Å²) >= 11 is 6.08. The fourth-order valence-corrected chi connectivity index (χ4v) is 7.07. The van der Waals surface area contributed by atoms with E-state index in [-0.39, 0.29) is 12.1 Å². The monoisotopic (exact) mass is 615 g/mol. The van der Waals surface area contributed by atoms with Crippen molar-refractivity contribution in [1.82, 2.24) is 19.4 Å². The second kappa shape index (κ2) is 10.6. The van der Waals surface area contributed by atoms with Crippen molar-refractivity contribution in [1.29, 1.82) is 0 Å². The number of esters is 1. The Hall–Kier alpha value is -3.86. The van der Waals surface area contributed by atoms with Gasteiger partial charge in [0.2, 0.25) is 0 Å². The average Bonchev–Trinajstić information content (AvgIpc) is 3.52. The zero-order valence-electron chi connectivity index (χ0n) is 24.7. The highest BCUT2D eigenvalue weighted by molar-refractivity contribution is 6.30. The Bertz CT molecular complexity index is 1740. The maximum atomic E-state index is 12.3. The fraction of sp³-hybridized carbons (Fsp3) is 0.424. The third kappa shape index (κ3) is 4.58. The molecule has 0 spiro atoms. The van der Waals surface area contributed by atoms with Crippen LogP contribution in [0, 0.1) is 0 Å². The number of anilines is 1. The normalized spacial score (nSPS) is 25.8. The zero-order valence-corrected chi connectivity index (χ0v) is 25.5. The van der Waals surface area contributed by atoms with Gasteiger partial charge in [0.05, 0.1) is 53.6 Å². The van der Waals surface area contributed by atoms with Crippen LogP contribution < -0.4 is 14.4 Å². The number of ether oxygens (including phenoxy) is 4. The van der Waals surface area contributed by atoms with E-state index < -0.39 is 5.79 Å². The molecule has 0 radical (unpaired) electrons. The lowest BCUT2D eigenvalue weighted by Crippen LogP contribution is -2.64. The van der Waals surface area contributed by atoms with Crippen LogP contribution >= 0.6 is 11.6 Å². The number of hydrogen-bond donors (Lipinski definition) is 0. The number of fused-ring (bicyclic) bond motifs is 3. The summed E-state index contributed by atoms with van der Waals surface area (Å²) in [5, 5.41) is 0.570. The molecule has 2 saturated heterocycles. The number of pyridine rings is 1. The number of benzene rings is 2. The number of carbonyl (C=O) groups excluding carboxylic acids is 1. The van der Waals surface area contributed by atoms with Crippen molar-refractivity contribution in [3.05, 3.63) is 76.8 Å². The largest absolute Gasteiger partial charge is 0.465 e. The molecule has 10 nitrogen and oxygen atoms in total. The van der Waals surface area contributed by atoms with Gasteiger partial charge in [-0.3, -0.25) is 9.88 Å². The molecular weight excluding hydrogens is 582 g/mol. The molecule has 3 unspecified atom stereocenters. The van der Waals surface area contributed by atoms with E-state index in [1.54, 1.807) is 18.3 Å². The van der Waals surface area contributed by atoms with Gasteiger partial charge in [-0.1, -0.05) is 17.7 Å². The Balaban J connectivity index is 1.04. The van der Waals surface area contributed by atoms with Crippen molar-refractivity contribution in [3.8, 4) is 11.5 Å². The van der Waals surface area contributed by atoms with Crippen LogP contribution in [0.15, 0.2) is 54.7 Å². The summed E-state index contributed by atoms with van der Waals surface area (Å²) in [7, 11) is 1.41. The van der Waals surface area contributed by atoms with Crippen LogP contribution in [0.1, 0.15) is 48.1 Å². The summed E-state index contributed by atoms with van der Waals surface area (Å²) in [6.07, 6.45) is 5.04. The van der Waals surface area contributed by atoms with E-state index in [9.17, 15) is 4.79 Å². The van der Waals surface area contributed by atoms with Gasteiger partial charge in [-0.05, 0) is 61.7 Å². The van der Waals surface area contributed by atoms with Gasteiger partial charge in [0.15, 0.2) is 11.5 Å². The topological polar surface area (TPSA) is 91.2 Å². The summed E-state index contributed by atoms with van der Waals surface area (Å²) in [5.41, 5.74) is 4.08. The first-order valence-corrected chi connectivity index (χ1v) is 15.6. The number of halogens is 1. The summed E-state index contributed by atoms with van der Waals surface area (Å²) < 4.78 is 25.9. The molecular formula is C33H34ClN5O5. The molecule has 0 N–H and O–H groups in total. The highest BCUT2D eigenvalue weighted by Gasteiger charge is 2.47. The fourth-order valence-electron chi connectivity index (χ4n) is 6.96. The van der Waals surface area contributed by atoms with Crippen molar-refractivity contribution in [2.75, 3.05) is 31.7 Å².